The van der Waals surface area contributed by atoms with Crippen LogP contribution in [-0.2, 0) is 25.5 Å². The smallest absolute Gasteiger partial charge is 0.129 e. The molecule has 0 saturated carbocycles. The van der Waals surface area contributed by atoms with Crippen molar-refractivity contribution in [1.82, 2.24) is 14.5 Å². The molecule has 8 aromatic carbocycles. The molecule has 0 amide bonds. The molecule has 65 heavy (non-hydrogen) atoms. The van der Waals surface area contributed by atoms with E-state index in [4.69, 9.17) is 9.40 Å². The molecule has 323 valence electrons. The second-order valence-corrected chi connectivity index (χ2v) is 18.4. The summed E-state index contributed by atoms with van der Waals surface area (Å²) in [6, 6.07) is 64.2. The van der Waals surface area contributed by atoms with Crippen LogP contribution >= 0.6 is 0 Å². The van der Waals surface area contributed by atoms with Gasteiger partial charge in [-0.1, -0.05) is 163 Å². The minimum atomic E-state index is 0. The van der Waals surface area contributed by atoms with Crippen molar-refractivity contribution >= 4 is 54.5 Å². The van der Waals surface area contributed by atoms with Gasteiger partial charge in [0.25, 0.3) is 0 Å². The zero-order valence-electron chi connectivity index (χ0n) is 37.9. The van der Waals surface area contributed by atoms with E-state index in [9.17, 15) is 0 Å². The Bertz CT molecular complexity index is 3440. The Morgan fingerprint density at radius 3 is 1.85 bits per heavy atom. The third-order valence-electron chi connectivity index (χ3n) is 12.5. The van der Waals surface area contributed by atoms with Gasteiger partial charge in [-0.3, -0.25) is 4.98 Å². The predicted molar refractivity (Wildman–Crippen MR) is 268 cm³/mol. The van der Waals surface area contributed by atoms with Crippen molar-refractivity contribution in [3.8, 4) is 39.5 Å². The average Bonchev–Trinajstić information content (AvgIpc) is 3.91. The standard InChI is InChI=1S/C45H35N2O.C15H16N.Ir/c1-27(2)37-25-30(29-15-6-5-7-16-29)26-38(28(3)4)42(37)47-40-24-13-12-23-39(40)46-45(47)36-22-14-21-35-41-33-19-10-8-17-31(33)32-18-9-11-20-34(32)44(41)48-43(35)36;1-15(2,3)13-9-10-14(16-11-13)12-7-5-4-6-8-12;/h5-21,23-28H,1-4H3;4-7,9-11H,1-3H3;/q2*-1;. The largest absolute Gasteiger partial charge is 0.500 e. The van der Waals surface area contributed by atoms with Gasteiger partial charge in [0.2, 0.25) is 0 Å². The number of nitrogens with zero attached hydrogens (tertiary/aromatic N) is 3. The van der Waals surface area contributed by atoms with Crippen LogP contribution in [0.2, 0.25) is 0 Å². The van der Waals surface area contributed by atoms with E-state index >= 15 is 0 Å². The molecule has 0 bridgehead atoms. The SMILES string of the molecule is CC(C)(C)c1ccc(-c2[c-]cccc2)nc1.CC(C)c1cc(-c2ccccc2)cc(C(C)C)c1-n1c(-c2[c-]ccc3c2oc2c4ccccc4c4ccccc4c32)nc2ccccc21.[Ir]. The van der Waals surface area contributed by atoms with Crippen LogP contribution in [0, 0.1) is 12.1 Å². The molecule has 3 heterocycles. The van der Waals surface area contributed by atoms with E-state index in [1.54, 1.807) is 0 Å². The molecule has 0 atom stereocenters. The monoisotopic (exact) mass is 1020 g/mol. The van der Waals surface area contributed by atoms with E-state index in [0.29, 0.717) is 0 Å². The second-order valence-electron chi connectivity index (χ2n) is 18.4. The van der Waals surface area contributed by atoms with E-state index < -0.39 is 0 Å². The summed E-state index contributed by atoms with van der Waals surface area (Å²) in [6.45, 7) is 15.7. The number of imidazole rings is 1. The molecule has 11 rings (SSSR count). The summed E-state index contributed by atoms with van der Waals surface area (Å²) < 4.78 is 9.37. The van der Waals surface area contributed by atoms with Gasteiger partial charge in [0.1, 0.15) is 5.58 Å². The van der Waals surface area contributed by atoms with Gasteiger partial charge in [0.15, 0.2) is 0 Å². The van der Waals surface area contributed by atoms with Gasteiger partial charge in [-0.2, -0.15) is 0 Å². The zero-order valence-corrected chi connectivity index (χ0v) is 40.3. The fourth-order valence-corrected chi connectivity index (χ4v) is 9.12. The van der Waals surface area contributed by atoms with Gasteiger partial charge >= 0.3 is 0 Å². The van der Waals surface area contributed by atoms with E-state index in [0.717, 1.165) is 61.0 Å². The number of para-hydroxylation sites is 2. The van der Waals surface area contributed by atoms with Gasteiger partial charge in [-0.05, 0) is 91.2 Å². The number of aromatic nitrogens is 3. The molecule has 1 radical (unpaired) electrons. The Balaban J connectivity index is 0.000000266. The Kier molecular flexibility index (Phi) is 11.9. The van der Waals surface area contributed by atoms with Crippen LogP contribution in [0.5, 0.6) is 0 Å². The van der Waals surface area contributed by atoms with Gasteiger partial charge in [0, 0.05) is 42.8 Å². The molecular weight excluding hydrogens is 971 g/mol. The van der Waals surface area contributed by atoms with Crippen LogP contribution in [0.3, 0.4) is 0 Å². The minimum absolute atomic E-state index is 0. The molecule has 0 saturated heterocycles. The Hall–Kier alpha value is -6.65. The molecule has 0 spiro atoms. The van der Waals surface area contributed by atoms with Crippen molar-refractivity contribution < 1.29 is 24.5 Å². The van der Waals surface area contributed by atoms with Crippen molar-refractivity contribution in [2.75, 3.05) is 0 Å². The summed E-state index contributed by atoms with van der Waals surface area (Å²) >= 11 is 0. The summed E-state index contributed by atoms with van der Waals surface area (Å²) in [4.78, 5) is 9.84. The molecule has 0 aliphatic rings. The molecule has 5 heteroatoms. The zero-order chi connectivity index (χ0) is 44.1. The Morgan fingerprint density at radius 2 is 1.20 bits per heavy atom. The molecule has 11 aromatic rings. The molecule has 3 aromatic heterocycles. The Labute approximate surface area is 395 Å². The summed E-state index contributed by atoms with van der Waals surface area (Å²) in [5.41, 5.74) is 14.3. The summed E-state index contributed by atoms with van der Waals surface area (Å²) in [5.74, 6) is 1.39. The van der Waals surface area contributed by atoms with Crippen molar-refractivity contribution in [2.45, 2.75) is 65.7 Å². The average molecular weight is 1020 g/mol. The first-order valence-corrected chi connectivity index (χ1v) is 22.4. The van der Waals surface area contributed by atoms with Gasteiger partial charge in [0.05, 0.1) is 22.4 Å². The molecule has 0 aliphatic heterocycles. The third-order valence-corrected chi connectivity index (χ3v) is 12.5. The van der Waals surface area contributed by atoms with Crippen LogP contribution in [0.25, 0.3) is 94.0 Å². The molecule has 0 aliphatic carbocycles. The van der Waals surface area contributed by atoms with Crippen LogP contribution in [0.15, 0.2) is 174 Å². The van der Waals surface area contributed by atoms with Crippen molar-refractivity contribution in [2.24, 2.45) is 0 Å². The van der Waals surface area contributed by atoms with Gasteiger partial charge < -0.3 is 14.0 Å². The fraction of sp³-hybridized carbons (Fsp3) is 0.167. The molecule has 0 N–H and O–H groups in total. The predicted octanol–water partition coefficient (Wildman–Crippen LogP) is 16.5. The number of hydrogen-bond donors (Lipinski definition) is 0. The number of benzene rings is 8. The maximum absolute atomic E-state index is 6.99. The molecule has 4 nitrogen and oxygen atoms in total. The first-order chi connectivity index (χ1) is 31.1. The maximum atomic E-state index is 6.99. The first-order valence-electron chi connectivity index (χ1n) is 22.4. The second kappa shape index (κ2) is 17.7. The first kappa shape index (κ1) is 43.6. The van der Waals surface area contributed by atoms with Gasteiger partial charge in [-0.15, -0.1) is 54.1 Å². The van der Waals surface area contributed by atoms with Crippen molar-refractivity contribution in [1.29, 1.82) is 0 Å². The van der Waals surface area contributed by atoms with Crippen LogP contribution in [-0.4, -0.2) is 14.5 Å². The topological polar surface area (TPSA) is 43.9 Å². The molecule has 0 unspecified atom stereocenters. The number of rotatable bonds is 6. The number of hydrogen-bond acceptors (Lipinski definition) is 3. The normalized spacial score (nSPS) is 11.8. The van der Waals surface area contributed by atoms with Crippen molar-refractivity contribution in [3.63, 3.8) is 0 Å². The summed E-state index contributed by atoms with van der Waals surface area (Å²) in [5, 5.41) is 6.94. The minimum Gasteiger partial charge on any atom is -0.500 e. The summed E-state index contributed by atoms with van der Waals surface area (Å²) in [7, 11) is 0. The van der Waals surface area contributed by atoms with E-state index in [-0.39, 0.29) is 37.4 Å². The quantitative estimate of drug-likeness (QED) is 0.123. The van der Waals surface area contributed by atoms with Crippen molar-refractivity contribution in [3.05, 3.63) is 199 Å². The fourth-order valence-electron chi connectivity index (χ4n) is 9.12. The maximum Gasteiger partial charge on any atom is 0.129 e. The van der Waals surface area contributed by atoms with Crippen LogP contribution in [0.1, 0.15) is 77.0 Å². The number of pyridine rings is 1. The summed E-state index contributed by atoms with van der Waals surface area (Å²) in [6.07, 6.45) is 1.95. The van der Waals surface area contributed by atoms with E-state index in [2.05, 4.69) is 204 Å². The molecule has 0 fully saturated rings. The van der Waals surface area contributed by atoms with Crippen LogP contribution in [0.4, 0.5) is 0 Å². The third kappa shape index (κ3) is 7.98. The van der Waals surface area contributed by atoms with E-state index in [1.807, 2.05) is 36.5 Å². The number of fused-ring (bicyclic) bond motifs is 9. The Morgan fingerprint density at radius 1 is 0.569 bits per heavy atom. The van der Waals surface area contributed by atoms with E-state index in [1.165, 1.54) is 49.7 Å². The van der Waals surface area contributed by atoms with Crippen LogP contribution < -0.4 is 0 Å². The number of furan rings is 1. The molecular formula is C60H51IrN3O-2. The van der Waals surface area contributed by atoms with Gasteiger partial charge in [-0.25, -0.2) is 0 Å².